The molecule has 0 aliphatic heterocycles. The third-order valence-electron chi connectivity index (χ3n) is 3.40. The zero-order valence-corrected chi connectivity index (χ0v) is 10.9. The van der Waals surface area contributed by atoms with E-state index in [9.17, 15) is 4.79 Å². The lowest BCUT2D eigenvalue weighted by atomic mass is 9.80. The second-order valence-electron chi connectivity index (χ2n) is 4.51. The van der Waals surface area contributed by atoms with E-state index in [1.807, 2.05) is 6.92 Å². The van der Waals surface area contributed by atoms with E-state index in [1.165, 1.54) is 31.0 Å². The maximum absolute atomic E-state index is 10.6. The molecule has 0 amide bonds. The summed E-state index contributed by atoms with van der Waals surface area (Å²) < 4.78 is 2.08. The summed E-state index contributed by atoms with van der Waals surface area (Å²) in [6.07, 6.45) is 3.80. The van der Waals surface area contributed by atoms with E-state index in [2.05, 4.69) is 21.7 Å². The number of carboxylic acids is 1. The fraction of sp³-hybridized carbons (Fsp3) is 0.727. The summed E-state index contributed by atoms with van der Waals surface area (Å²) in [5, 5.41) is 17.5. The van der Waals surface area contributed by atoms with Crippen LogP contribution in [0.25, 0.3) is 0 Å². The number of aromatic nitrogens is 3. The van der Waals surface area contributed by atoms with Gasteiger partial charge in [-0.25, -0.2) is 0 Å². The number of hydrogen-bond donors (Lipinski definition) is 1. The van der Waals surface area contributed by atoms with Crippen LogP contribution in [0.3, 0.4) is 0 Å². The summed E-state index contributed by atoms with van der Waals surface area (Å²) in [6.45, 7) is 4.10. The highest BCUT2D eigenvalue weighted by atomic mass is 32.2. The molecule has 0 radical (unpaired) electrons. The second kappa shape index (κ2) is 5.08. The Labute approximate surface area is 105 Å². The van der Waals surface area contributed by atoms with Gasteiger partial charge < -0.3 is 9.67 Å². The Kier molecular flexibility index (Phi) is 3.71. The molecule has 6 heteroatoms. The normalized spacial score (nSPS) is 17.8. The largest absolute Gasteiger partial charge is 0.481 e. The molecule has 1 aliphatic rings. The third kappa shape index (κ3) is 2.62. The lowest BCUT2D eigenvalue weighted by molar-refractivity contribution is -0.133. The Balaban J connectivity index is 2.13. The van der Waals surface area contributed by atoms with Gasteiger partial charge >= 0.3 is 5.97 Å². The van der Waals surface area contributed by atoms with Gasteiger partial charge in [0.2, 0.25) is 0 Å². The van der Waals surface area contributed by atoms with Crippen LogP contribution in [0.2, 0.25) is 0 Å². The quantitative estimate of drug-likeness (QED) is 0.816. The second-order valence-corrected chi connectivity index (χ2v) is 5.46. The first-order valence-electron chi connectivity index (χ1n) is 5.85. The highest BCUT2D eigenvalue weighted by molar-refractivity contribution is 7.99. The van der Waals surface area contributed by atoms with Crippen LogP contribution in [0.5, 0.6) is 0 Å². The van der Waals surface area contributed by atoms with Crippen LogP contribution in [0.1, 0.15) is 38.1 Å². The molecule has 0 spiro atoms. The fourth-order valence-corrected chi connectivity index (χ4v) is 2.97. The van der Waals surface area contributed by atoms with Gasteiger partial charge in [-0.15, -0.1) is 10.2 Å². The molecule has 2 rings (SSSR count). The number of carboxylic acid groups (broad SMARTS) is 1. The summed E-state index contributed by atoms with van der Waals surface area (Å²) in [7, 11) is 0. The zero-order valence-electron chi connectivity index (χ0n) is 10.1. The Morgan fingerprint density at radius 2 is 2.29 bits per heavy atom. The molecule has 17 heavy (non-hydrogen) atoms. The fourth-order valence-electron chi connectivity index (χ4n) is 2.18. The maximum atomic E-state index is 10.6. The molecule has 0 aromatic carbocycles. The molecule has 5 nitrogen and oxygen atoms in total. The standard InChI is InChI=1S/C11H17N3O2S/c1-7(9-4-3-5-9)14-8(2)12-13-11(14)17-6-10(15)16/h7,9H,3-6H2,1-2H3,(H,15,16). The monoisotopic (exact) mass is 255 g/mol. The maximum Gasteiger partial charge on any atom is 0.313 e. The Hall–Kier alpha value is -1.04. The molecular weight excluding hydrogens is 238 g/mol. The predicted octanol–water partition coefficient (Wildman–Crippen LogP) is 2.12. The number of thioether (sulfide) groups is 1. The molecule has 1 fully saturated rings. The Bertz CT molecular complexity index is 415. The molecule has 1 aromatic rings. The van der Waals surface area contributed by atoms with Crippen LogP contribution in [-0.2, 0) is 4.79 Å². The van der Waals surface area contributed by atoms with Gasteiger partial charge in [-0.05, 0) is 32.6 Å². The summed E-state index contributed by atoms with van der Waals surface area (Å²) in [5.74, 6) is 0.778. The van der Waals surface area contributed by atoms with Gasteiger partial charge in [0.05, 0.1) is 5.75 Å². The van der Waals surface area contributed by atoms with Crippen molar-refractivity contribution in [2.24, 2.45) is 5.92 Å². The van der Waals surface area contributed by atoms with Gasteiger partial charge in [0.25, 0.3) is 0 Å². The summed E-state index contributed by atoms with van der Waals surface area (Å²) in [4.78, 5) is 10.6. The highest BCUT2D eigenvalue weighted by Gasteiger charge is 2.28. The van der Waals surface area contributed by atoms with Crippen LogP contribution in [0.4, 0.5) is 0 Å². The number of aliphatic carboxylic acids is 1. The molecule has 1 aromatic heterocycles. The van der Waals surface area contributed by atoms with Gasteiger partial charge in [-0.2, -0.15) is 0 Å². The highest BCUT2D eigenvalue weighted by Crippen LogP contribution is 2.38. The van der Waals surface area contributed by atoms with Crippen LogP contribution in [0.15, 0.2) is 5.16 Å². The van der Waals surface area contributed by atoms with E-state index >= 15 is 0 Å². The van der Waals surface area contributed by atoms with E-state index < -0.39 is 5.97 Å². The molecule has 1 saturated carbocycles. The third-order valence-corrected chi connectivity index (χ3v) is 4.33. The lowest BCUT2D eigenvalue weighted by Crippen LogP contribution is -2.24. The van der Waals surface area contributed by atoms with Crippen molar-refractivity contribution in [2.75, 3.05) is 5.75 Å². The molecule has 1 aliphatic carbocycles. The van der Waals surface area contributed by atoms with Crippen molar-refractivity contribution in [3.63, 3.8) is 0 Å². The first-order chi connectivity index (χ1) is 8.09. The van der Waals surface area contributed by atoms with Crippen LogP contribution >= 0.6 is 11.8 Å². The first-order valence-corrected chi connectivity index (χ1v) is 6.84. The zero-order chi connectivity index (χ0) is 12.4. The molecule has 1 unspecified atom stereocenters. The van der Waals surface area contributed by atoms with Crippen molar-refractivity contribution in [3.8, 4) is 0 Å². The average Bonchev–Trinajstić information content (AvgIpc) is 2.53. The molecular formula is C11H17N3O2S. The van der Waals surface area contributed by atoms with Crippen molar-refractivity contribution in [1.82, 2.24) is 14.8 Å². The number of nitrogens with zero attached hydrogens (tertiary/aromatic N) is 3. The summed E-state index contributed by atoms with van der Waals surface area (Å²) in [5.41, 5.74) is 0. The van der Waals surface area contributed by atoms with Gasteiger partial charge in [0, 0.05) is 6.04 Å². The molecule has 0 saturated heterocycles. The minimum Gasteiger partial charge on any atom is -0.481 e. The van der Waals surface area contributed by atoms with E-state index in [0.29, 0.717) is 12.0 Å². The van der Waals surface area contributed by atoms with Crippen molar-refractivity contribution < 1.29 is 9.90 Å². The van der Waals surface area contributed by atoms with Gasteiger partial charge in [-0.3, -0.25) is 4.79 Å². The van der Waals surface area contributed by atoms with Crippen molar-refractivity contribution in [2.45, 2.75) is 44.3 Å². The van der Waals surface area contributed by atoms with Crippen LogP contribution in [-0.4, -0.2) is 31.6 Å². The van der Waals surface area contributed by atoms with Crippen LogP contribution in [0, 0.1) is 12.8 Å². The van der Waals surface area contributed by atoms with Gasteiger partial charge in [-0.1, -0.05) is 18.2 Å². The first kappa shape index (κ1) is 12.4. The molecule has 0 bridgehead atoms. The van der Waals surface area contributed by atoms with Gasteiger partial charge in [0.1, 0.15) is 5.82 Å². The van der Waals surface area contributed by atoms with Crippen molar-refractivity contribution in [1.29, 1.82) is 0 Å². The van der Waals surface area contributed by atoms with E-state index in [1.54, 1.807) is 0 Å². The molecule has 1 atom stereocenters. The summed E-state index contributed by atoms with van der Waals surface area (Å²) >= 11 is 1.25. The van der Waals surface area contributed by atoms with Crippen LogP contribution < -0.4 is 0 Å². The average molecular weight is 255 g/mol. The predicted molar refractivity (Wildman–Crippen MR) is 65.2 cm³/mol. The van der Waals surface area contributed by atoms with Gasteiger partial charge in [0.15, 0.2) is 5.16 Å². The molecule has 1 N–H and O–H groups in total. The molecule has 1 heterocycles. The lowest BCUT2D eigenvalue weighted by Gasteiger charge is -2.33. The number of hydrogen-bond acceptors (Lipinski definition) is 4. The topological polar surface area (TPSA) is 68.0 Å². The van der Waals surface area contributed by atoms with E-state index in [0.717, 1.165) is 11.0 Å². The van der Waals surface area contributed by atoms with Crippen molar-refractivity contribution in [3.05, 3.63) is 5.82 Å². The minimum absolute atomic E-state index is 0.0372. The Morgan fingerprint density at radius 3 is 2.82 bits per heavy atom. The van der Waals surface area contributed by atoms with Crippen molar-refractivity contribution >= 4 is 17.7 Å². The smallest absolute Gasteiger partial charge is 0.313 e. The molecule has 94 valence electrons. The number of aryl methyl sites for hydroxylation is 1. The van der Waals surface area contributed by atoms with E-state index in [4.69, 9.17) is 5.11 Å². The number of rotatable bonds is 5. The van der Waals surface area contributed by atoms with E-state index in [-0.39, 0.29) is 5.75 Å². The Morgan fingerprint density at radius 1 is 1.59 bits per heavy atom. The SMILES string of the molecule is Cc1nnc(SCC(=O)O)n1C(C)C1CCC1. The minimum atomic E-state index is -0.821. The number of carbonyl (C=O) groups is 1. The summed E-state index contributed by atoms with van der Waals surface area (Å²) in [6, 6.07) is 0.370.